The van der Waals surface area contributed by atoms with Crippen LogP contribution in [0.3, 0.4) is 0 Å². The van der Waals surface area contributed by atoms with Gasteiger partial charge in [-0.3, -0.25) is 0 Å². The van der Waals surface area contributed by atoms with Gasteiger partial charge in [-0.1, -0.05) is 164 Å². The summed E-state index contributed by atoms with van der Waals surface area (Å²) in [6, 6.07) is 76.7. The average Bonchev–Trinajstić information content (AvgIpc) is 3.70. The molecule has 3 aromatic heterocycles. The third kappa shape index (κ3) is 7.00. The van der Waals surface area contributed by atoms with E-state index in [1.807, 2.05) is 109 Å². The molecule has 63 heavy (non-hydrogen) atoms. The lowest BCUT2D eigenvalue weighted by molar-refractivity contribution is 1.14. The first-order valence-corrected chi connectivity index (χ1v) is 20.9. The number of fused-ring (bicyclic) bond motifs is 3. The molecule has 6 heteroatoms. The Morgan fingerprint density at radius 3 is 1.43 bits per heavy atom. The van der Waals surface area contributed by atoms with Crippen molar-refractivity contribution in [2.45, 2.75) is 0 Å². The van der Waals surface area contributed by atoms with Crippen molar-refractivity contribution in [3.63, 3.8) is 0 Å². The van der Waals surface area contributed by atoms with Crippen LogP contribution in [0.25, 0.3) is 106 Å². The summed E-state index contributed by atoms with van der Waals surface area (Å²) < 4.78 is 2.33. The molecule has 0 saturated heterocycles. The van der Waals surface area contributed by atoms with Gasteiger partial charge in [0.25, 0.3) is 0 Å². The standard InChI is InChI=1S/C57H36N6/c58-37-44-25-13-14-26-45(44)42-29-31-54-47(33-42)46-27-15-16-28-53(46)63(54)55-32-30-43(57-60-49(38-17-5-1-6-18-38)35-50(61-57)39-19-7-2-8-20-39)34-48(55)52-36-51(40-21-9-3-10-22-40)59-56(62-52)41-23-11-4-12-24-41/h1-36H. The van der Waals surface area contributed by atoms with Crippen molar-refractivity contribution in [1.82, 2.24) is 24.5 Å². The van der Waals surface area contributed by atoms with Crippen LogP contribution in [-0.4, -0.2) is 24.5 Å². The molecule has 0 bridgehead atoms. The molecule has 0 amide bonds. The van der Waals surface area contributed by atoms with Gasteiger partial charge < -0.3 is 4.57 Å². The molecule has 0 aliphatic rings. The maximum Gasteiger partial charge on any atom is 0.160 e. The third-order valence-electron chi connectivity index (χ3n) is 11.5. The van der Waals surface area contributed by atoms with E-state index in [1.54, 1.807) is 0 Å². The van der Waals surface area contributed by atoms with Crippen LogP contribution < -0.4 is 0 Å². The van der Waals surface area contributed by atoms with Crippen molar-refractivity contribution < 1.29 is 0 Å². The van der Waals surface area contributed by atoms with Crippen LogP contribution in [0.15, 0.2) is 218 Å². The minimum Gasteiger partial charge on any atom is -0.309 e. The van der Waals surface area contributed by atoms with E-state index in [4.69, 9.17) is 19.9 Å². The Morgan fingerprint density at radius 2 is 0.810 bits per heavy atom. The molecular formula is C57H36N6. The molecule has 0 aliphatic heterocycles. The normalized spacial score (nSPS) is 11.2. The Labute approximate surface area is 364 Å². The number of hydrogen-bond donors (Lipinski definition) is 0. The molecule has 0 N–H and O–H groups in total. The molecule has 0 radical (unpaired) electrons. The Hall–Kier alpha value is -8.79. The highest BCUT2D eigenvalue weighted by atomic mass is 15.0. The SMILES string of the molecule is N#Cc1ccccc1-c1ccc2c(c1)c1ccccc1n2-c1ccc(-c2nc(-c3ccccc3)cc(-c3ccccc3)n2)cc1-c1cc(-c2ccccc2)nc(-c2ccccc2)n1. The van der Waals surface area contributed by atoms with E-state index in [-0.39, 0.29) is 0 Å². The van der Waals surface area contributed by atoms with Gasteiger partial charge in [0.2, 0.25) is 0 Å². The van der Waals surface area contributed by atoms with E-state index in [9.17, 15) is 5.26 Å². The number of para-hydroxylation sites is 1. The Kier molecular flexibility index (Phi) is 9.45. The fourth-order valence-electron chi connectivity index (χ4n) is 8.46. The number of nitriles is 1. The summed E-state index contributed by atoms with van der Waals surface area (Å²) in [5, 5.41) is 12.2. The number of rotatable bonds is 8. The quantitative estimate of drug-likeness (QED) is 0.153. The fourth-order valence-corrected chi connectivity index (χ4v) is 8.46. The van der Waals surface area contributed by atoms with Gasteiger partial charge >= 0.3 is 0 Å². The Bertz CT molecular complexity index is 3390. The minimum absolute atomic E-state index is 0.603. The molecule has 0 aliphatic carbocycles. The van der Waals surface area contributed by atoms with Crippen molar-refractivity contribution in [1.29, 1.82) is 5.26 Å². The first-order valence-electron chi connectivity index (χ1n) is 20.9. The monoisotopic (exact) mass is 804 g/mol. The van der Waals surface area contributed by atoms with Gasteiger partial charge in [-0.05, 0) is 65.7 Å². The van der Waals surface area contributed by atoms with E-state index < -0.39 is 0 Å². The number of hydrogen-bond acceptors (Lipinski definition) is 5. The molecule has 8 aromatic carbocycles. The van der Waals surface area contributed by atoms with Gasteiger partial charge in [-0.25, -0.2) is 19.9 Å². The van der Waals surface area contributed by atoms with Crippen LogP contribution >= 0.6 is 0 Å². The Morgan fingerprint density at radius 1 is 0.333 bits per heavy atom. The molecule has 3 heterocycles. The van der Waals surface area contributed by atoms with E-state index >= 15 is 0 Å². The van der Waals surface area contributed by atoms with Crippen LogP contribution in [0.2, 0.25) is 0 Å². The largest absolute Gasteiger partial charge is 0.309 e. The number of aromatic nitrogens is 5. The number of nitrogens with zero attached hydrogens (tertiary/aromatic N) is 6. The first-order chi connectivity index (χ1) is 31.2. The zero-order valence-electron chi connectivity index (χ0n) is 34.0. The maximum atomic E-state index is 10.0. The highest BCUT2D eigenvalue weighted by Gasteiger charge is 2.21. The predicted octanol–water partition coefficient (Wildman–Crippen LogP) is 13.9. The van der Waals surface area contributed by atoms with Gasteiger partial charge in [-0.2, -0.15) is 5.26 Å². The molecule has 0 spiro atoms. The average molecular weight is 805 g/mol. The summed E-state index contributed by atoms with van der Waals surface area (Å²) in [6.45, 7) is 0. The van der Waals surface area contributed by atoms with Gasteiger partial charge in [0.1, 0.15) is 0 Å². The summed E-state index contributed by atoms with van der Waals surface area (Å²) >= 11 is 0. The van der Waals surface area contributed by atoms with Crippen molar-refractivity contribution in [2.75, 3.05) is 0 Å². The molecule has 0 saturated carbocycles. The topological polar surface area (TPSA) is 80.3 Å². The fraction of sp³-hybridized carbons (Fsp3) is 0. The van der Waals surface area contributed by atoms with Crippen molar-refractivity contribution in [3.05, 3.63) is 224 Å². The van der Waals surface area contributed by atoms with E-state index in [2.05, 4.69) is 120 Å². The van der Waals surface area contributed by atoms with Crippen molar-refractivity contribution in [2.24, 2.45) is 0 Å². The zero-order valence-corrected chi connectivity index (χ0v) is 34.0. The van der Waals surface area contributed by atoms with Gasteiger partial charge in [0, 0.05) is 44.2 Å². The van der Waals surface area contributed by atoms with Crippen LogP contribution in [0.5, 0.6) is 0 Å². The summed E-state index contributed by atoms with van der Waals surface area (Å²) in [5.74, 6) is 1.23. The van der Waals surface area contributed by atoms with Crippen LogP contribution in [0.4, 0.5) is 0 Å². The van der Waals surface area contributed by atoms with E-state index in [0.717, 1.165) is 94.8 Å². The summed E-state index contributed by atoms with van der Waals surface area (Å²) in [5.41, 5.74) is 14.4. The third-order valence-corrected chi connectivity index (χ3v) is 11.5. The molecule has 0 atom stereocenters. The van der Waals surface area contributed by atoms with Gasteiger partial charge in [0.15, 0.2) is 11.6 Å². The lowest BCUT2D eigenvalue weighted by Crippen LogP contribution is -2.02. The van der Waals surface area contributed by atoms with Crippen LogP contribution in [-0.2, 0) is 0 Å². The van der Waals surface area contributed by atoms with Gasteiger partial charge in [0.05, 0.1) is 51.1 Å². The number of benzene rings is 8. The van der Waals surface area contributed by atoms with Crippen LogP contribution in [0, 0.1) is 11.3 Å². The smallest absolute Gasteiger partial charge is 0.160 e. The lowest BCUT2D eigenvalue weighted by atomic mass is 9.98. The summed E-state index contributed by atoms with van der Waals surface area (Å²) in [4.78, 5) is 21.0. The van der Waals surface area contributed by atoms with E-state index in [1.165, 1.54) is 0 Å². The van der Waals surface area contributed by atoms with Crippen molar-refractivity contribution in [3.8, 4) is 90.7 Å². The molecule has 11 rings (SSSR count). The maximum absolute atomic E-state index is 10.0. The molecule has 0 unspecified atom stereocenters. The lowest BCUT2D eigenvalue weighted by Gasteiger charge is -2.17. The second-order valence-electron chi connectivity index (χ2n) is 15.4. The zero-order chi connectivity index (χ0) is 42.1. The molecule has 294 valence electrons. The van der Waals surface area contributed by atoms with Crippen molar-refractivity contribution >= 4 is 21.8 Å². The van der Waals surface area contributed by atoms with Gasteiger partial charge in [-0.15, -0.1) is 0 Å². The second-order valence-corrected chi connectivity index (χ2v) is 15.4. The molecular weight excluding hydrogens is 769 g/mol. The highest BCUT2D eigenvalue weighted by Crippen LogP contribution is 2.41. The summed E-state index contributed by atoms with van der Waals surface area (Å²) in [6.07, 6.45) is 0. The summed E-state index contributed by atoms with van der Waals surface area (Å²) in [7, 11) is 0. The Balaban J connectivity index is 1.20. The minimum atomic E-state index is 0.603. The van der Waals surface area contributed by atoms with Crippen LogP contribution in [0.1, 0.15) is 5.56 Å². The molecule has 6 nitrogen and oxygen atoms in total. The second kappa shape index (κ2) is 16.0. The highest BCUT2D eigenvalue weighted by molar-refractivity contribution is 6.11. The first kappa shape index (κ1) is 37.2. The molecule has 0 fully saturated rings. The molecule has 11 aromatic rings. The van der Waals surface area contributed by atoms with E-state index in [0.29, 0.717) is 17.2 Å². The predicted molar refractivity (Wildman–Crippen MR) is 255 cm³/mol.